The van der Waals surface area contributed by atoms with E-state index in [1.807, 2.05) is 24.3 Å². The summed E-state index contributed by atoms with van der Waals surface area (Å²) in [6, 6.07) is 12.1. The van der Waals surface area contributed by atoms with Gasteiger partial charge in [-0.3, -0.25) is 0 Å². The van der Waals surface area contributed by atoms with Crippen molar-refractivity contribution in [2.75, 3.05) is 0 Å². The summed E-state index contributed by atoms with van der Waals surface area (Å²) in [7, 11) is 0. The highest BCUT2D eigenvalue weighted by Gasteiger charge is 2.02. The fourth-order valence-electron chi connectivity index (χ4n) is 1.48. The molecule has 0 saturated heterocycles. The predicted molar refractivity (Wildman–Crippen MR) is 63.5 cm³/mol. The van der Waals surface area contributed by atoms with Gasteiger partial charge in [0.05, 0.1) is 6.54 Å². The summed E-state index contributed by atoms with van der Waals surface area (Å²) in [4.78, 5) is 0. The van der Waals surface area contributed by atoms with Crippen molar-refractivity contribution >= 4 is 15.9 Å². The standard InChI is InChI=1S/C12H12BrNO/c13-10-3-1-2-9(6-10)7-11-4-5-12(8-14)15-11/h1-6H,7-8,14H2. The van der Waals surface area contributed by atoms with Gasteiger partial charge >= 0.3 is 0 Å². The van der Waals surface area contributed by atoms with Gasteiger partial charge in [-0.2, -0.15) is 0 Å². The van der Waals surface area contributed by atoms with Gasteiger partial charge in [-0.05, 0) is 29.8 Å². The molecule has 0 amide bonds. The van der Waals surface area contributed by atoms with Crippen LogP contribution in [0.4, 0.5) is 0 Å². The highest BCUT2D eigenvalue weighted by molar-refractivity contribution is 9.10. The SMILES string of the molecule is NCc1ccc(Cc2cccc(Br)c2)o1. The van der Waals surface area contributed by atoms with Crippen molar-refractivity contribution in [1.82, 2.24) is 0 Å². The van der Waals surface area contributed by atoms with Gasteiger partial charge in [0, 0.05) is 10.9 Å². The van der Waals surface area contributed by atoms with Gasteiger partial charge in [0.25, 0.3) is 0 Å². The molecule has 0 fully saturated rings. The number of benzene rings is 1. The first kappa shape index (κ1) is 10.5. The Bertz CT molecular complexity index is 450. The van der Waals surface area contributed by atoms with Crippen molar-refractivity contribution in [3.8, 4) is 0 Å². The molecule has 1 heterocycles. The molecule has 0 aliphatic carbocycles. The number of hydrogen-bond donors (Lipinski definition) is 1. The van der Waals surface area contributed by atoms with E-state index in [-0.39, 0.29) is 0 Å². The van der Waals surface area contributed by atoms with E-state index in [1.54, 1.807) is 0 Å². The Hall–Kier alpha value is -1.06. The molecule has 0 unspecified atom stereocenters. The molecular formula is C12H12BrNO. The molecule has 1 aromatic heterocycles. The van der Waals surface area contributed by atoms with Crippen LogP contribution in [0.15, 0.2) is 45.3 Å². The zero-order valence-corrected chi connectivity index (χ0v) is 9.83. The monoisotopic (exact) mass is 265 g/mol. The normalized spacial score (nSPS) is 10.5. The van der Waals surface area contributed by atoms with Crippen molar-refractivity contribution < 1.29 is 4.42 Å². The van der Waals surface area contributed by atoms with Crippen LogP contribution < -0.4 is 5.73 Å². The molecule has 0 radical (unpaired) electrons. The lowest BCUT2D eigenvalue weighted by molar-refractivity contribution is 0.475. The van der Waals surface area contributed by atoms with Crippen LogP contribution in [0, 0.1) is 0 Å². The number of halogens is 1. The Morgan fingerprint density at radius 1 is 1.13 bits per heavy atom. The van der Waals surface area contributed by atoms with Gasteiger partial charge in [0.2, 0.25) is 0 Å². The van der Waals surface area contributed by atoms with Gasteiger partial charge in [0.15, 0.2) is 0 Å². The van der Waals surface area contributed by atoms with Crippen molar-refractivity contribution in [3.63, 3.8) is 0 Å². The van der Waals surface area contributed by atoms with Crippen LogP contribution in [0.1, 0.15) is 17.1 Å². The zero-order valence-electron chi connectivity index (χ0n) is 8.24. The molecule has 2 nitrogen and oxygen atoms in total. The number of nitrogens with two attached hydrogens (primary N) is 1. The summed E-state index contributed by atoms with van der Waals surface area (Å²) < 4.78 is 6.62. The summed E-state index contributed by atoms with van der Waals surface area (Å²) in [5.74, 6) is 1.79. The summed E-state index contributed by atoms with van der Waals surface area (Å²) in [5, 5.41) is 0. The van der Waals surface area contributed by atoms with Crippen LogP contribution in [0.5, 0.6) is 0 Å². The molecule has 3 heteroatoms. The minimum absolute atomic E-state index is 0.457. The number of furan rings is 1. The summed E-state index contributed by atoms with van der Waals surface area (Å²) in [6.07, 6.45) is 0.805. The lowest BCUT2D eigenvalue weighted by Crippen LogP contribution is -1.93. The van der Waals surface area contributed by atoms with Crippen molar-refractivity contribution in [3.05, 3.63) is 58.0 Å². The van der Waals surface area contributed by atoms with E-state index >= 15 is 0 Å². The molecule has 2 N–H and O–H groups in total. The first-order valence-electron chi connectivity index (χ1n) is 4.80. The molecule has 0 bridgehead atoms. The second-order valence-corrected chi connectivity index (χ2v) is 4.29. The fraction of sp³-hybridized carbons (Fsp3) is 0.167. The molecular weight excluding hydrogens is 254 g/mol. The Balaban J connectivity index is 2.14. The predicted octanol–water partition coefficient (Wildman–Crippen LogP) is 3.09. The van der Waals surface area contributed by atoms with E-state index in [9.17, 15) is 0 Å². The van der Waals surface area contributed by atoms with Gasteiger partial charge < -0.3 is 10.2 Å². The average molecular weight is 266 g/mol. The van der Waals surface area contributed by atoms with Crippen LogP contribution in [-0.2, 0) is 13.0 Å². The minimum atomic E-state index is 0.457. The van der Waals surface area contributed by atoms with Crippen LogP contribution in [-0.4, -0.2) is 0 Å². The Kier molecular flexibility index (Phi) is 3.23. The van der Waals surface area contributed by atoms with E-state index in [0.29, 0.717) is 6.54 Å². The minimum Gasteiger partial charge on any atom is -0.464 e. The molecule has 15 heavy (non-hydrogen) atoms. The van der Waals surface area contributed by atoms with Crippen LogP contribution in [0.25, 0.3) is 0 Å². The maximum Gasteiger partial charge on any atom is 0.117 e. The smallest absolute Gasteiger partial charge is 0.117 e. The summed E-state index contributed by atoms with van der Waals surface area (Å²) in [5.41, 5.74) is 6.70. The van der Waals surface area contributed by atoms with Gasteiger partial charge in [-0.1, -0.05) is 28.1 Å². The molecule has 1 aromatic carbocycles. The van der Waals surface area contributed by atoms with Gasteiger partial charge in [-0.15, -0.1) is 0 Å². The summed E-state index contributed by atoms with van der Waals surface area (Å²) in [6.45, 7) is 0.457. The third-order valence-corrected chi connectivity index (χ3v) is 2.68. The zero-order chi connectivity index (χ0) is 10.7. The van der Waals surface area contributed by atoms with E-state index < -0.39 is 0 Å². The summed E-state index contributed by atoms with van der Waals surface area (Å²) >= 11 is 3.44. The van der Waals surface area contributed by atoms with Crippen molar-refractivity contribution in [2.24, 2.45) is 5.73 Å². The van der Waals surface area contributed by atoms with E-state index in [0.717, 1.165) is 22.4 Å². The van der Waals surface area contributed by atoms with Crippen LogP contribution in [0.3, 0.4) is 0 Å². The lowest BCUT2D eigenvalue weighted by Gasteiger charge is -1.99. The third kappa shape index (κ3) is 2.70. The van der Waals surface area contributed by atoms with Crippen molar-refractivity contribution in [1.29, 1.82) is 0 Å². The Morgan fingerprint density at radius 3 is 2.60 bits per heavy atom. The fourth-order valence-corrected chi connectivity index (χ4v) is 1.92. The average Bonchev–Trinajstić information content (AvgIpc) is 2.65. The van der Waals surface area contributed by atoms with Gasteiger partial charge in [-0.25, -0.2) is 0 Å². The third-order valence-electron chi connectivity index (χ3n) is 2.19. The molecule has 0 saturated carbocycles. The lowest BCUT2D eigenvalue weighted by atomic mass is 10.1. The van der Waals surface area contributed by atoms with E-state index in [4.69, 9.17) is 10.2 Å². The topological polar surface area (TPSA) is 39.2 Å². The Morgan fingerprint density at radius 2 is 1.93 bits per heavy atom. The second kappa shape index (κ2) is 4.64. The maximum absolute atomic E-state index is 5.54. The molecule has 0 spiro atoms. The van der Waals surface area contributed by atoms with Crippen LogP contribution in [0.2, 0.25) is 0 Å². The second-order valence-electron chi connectivity index (χ2n) is 3.38. The molecule has 78 valence electrons. The number of rotatable bonds is 3. The molecule has 0 aliphatic heterocycles. The largest absolute Gasteiger partial charge is 0.464 e. The van der Waals surface area contributed by atoms with Crippen molar-refractivity contribution in [2.45, 2.75) is 13.0 Å². The quantitative estimate of drug-likeness (QED) is 0.927. The van der Waals surface area contributed by atoms with E-state index in [1.165, 1.54) is 5.56 Å². The van der Waals surface area contributed by atoms with E-state index in [2.05, 4.69) is 28.1 Å². The number of hydrogen-bond acceptors (Lipinski definition) is 2. The molecule has 2 aromatic rings. The van der Waals surface area contributed by atoms with Crippen LogP contribution >= 0.6 is 15.9 Å². The molecule has 2 rings (SSSR count). The highest BCUT2D eigenvalue weighted by Crippen LogP contribution is 2.16. The first-order valence-corrected chi connectivity index (χ1v) is 5.59. The highest BCUT2D eigenvalue weighted by atomic mass is 79.9. The van der Waals surface area contributed by atoms with Gasteiger partial charge in [0.1, 0.15) is 11.5 Å². The first-order chi connectivity index (χ1) is 7.28. The molecule has 0 atom stereocenters. The Labute approximate surface area is 97.2 Å². The maximum atomic E-state index is 5.54. The molecule has 0 aliphatic rings.